The Morgan fingerprint density at radius 3 is 2.76 bits per heavy atom. The summed E-state index contributed by atoms with van der Waals surface area (Å²) in [6, 6.07) is 4.41. The average molecular weight is 316 g/mol. The van der Waals surface area contributed by atoms with Gasteiger partial charge in [-0.15, -0.1) is 0 Å². The number of hydrogen-bond donors (Lipinski definition) is 0. The van der Waals surface area contributed by atoms with Crippen molar-refractivity contribution >= 4 is 38.4 Å². The third kappa shape index (κ3) is 1.74. The van der Waals surface area contributed by atoms with Gasteiger partial charge in [-0.05, 0) is 28.1 Å². The molecule has 0 saturated heterocycles. The molecule has 0 N–H and O–H groups in total. The normalized spacial score (nSPS) is 10.5. The Labute approximate surface area is 109 Å². The maximum Gasteiger partial charge on any atom is 0.270 e. The molecular weight excluding hydrogens is 310 g/mol. The zero-order valence-electron chi connectivity index (χ0n) is 8.59. The van der Waals surface area contributed by atoms with Crippen LogP contribution in [0.3, 0.4) is 0 Å². The van der Waals surface area contributed by atoms with Crippen LogP contribution in [0, 0.1) is 17.1 Å². The molecule has 0 spiro atoms. The smallest absolute Gasteiger partial charge is 0.270 e. The molecule has 0 aliphatic carbocycles. The maximum absolute atomic E-state index is 13.4. The first-order valence-electron chi connectivity index (χ1n) is 4.54. The molecule has 6 heteroatoms. The van der Waals surface area contributed by atoms with Crippen LogP contribution in [0.2, 0.25) is 5.02 Å². The zero-order valence-corrected chi connectivity index (χ0v) is 10.9. The summed E-state index contributed by atoms with van der Waals surface area (Å²) in [4.78, 5) is 11.8. The Kier molecular flexibility index (Phi) is 2.94. The Hall–Kier alpha value is -1.38. The van der Waals surface area contributed by atoms with Crippen molar-refractivity contribution in [1.82, 2.24) is 4.57 Å². The lowest BCUT2D eigenvalue weighted by Crippen LogP contribution is -2.20. The van der Waals surface area contributed by atoms with Crippen LogP contribution in [-0.2, 0) is 7.05 Å². The van der Waals surface area contributed by atoms with E-state index in [-0.39, 0.29) is 15.1 Å². The van der Waals surface area contributed by atoms with E-state index >= 15 is 0 Å². The van der Waals surface area contributed by atoms with Crippen molar-refractivity contribution in [3.05, 3.63) is 43.4 Å². The number of nitrogens with zero attached hydrogens (tertiary/aromatic N) is 2. The monoisotopic (exact) mass is 314 g/mol. The van der Waals surface area contributed by atoms with Gasteiger partial charge in [-0.2, -0.15) is 5.26 Å². The van der Waals surface area contributed by atoms with Gasteiger partial charge in [0, 0.05) is 12.4 Å². The highest BCUT2D eigenvalue weighted by Gasteiger charge is 2.15. The molecule has 2 rings (SSSR count). The number of nitriles is 1. The van der Waals surface area contributed by atoms with E-state index in [0.717, 1.165) is 0 Å². The lowest BCUT2D eigenvalue weighted by molar-refractivity contribution is 0.622. The maximum atomic E-state index is 13.4. The molecule has 0 radical (unpaired) electrons. The number of pyridine rings is 1. The molecule has 17 heavy (non-hydrogen) atoms. The van der Waals surface area contributed by atoms with Gasteiger partial charge in [0.25, 0.3) is 5.56 Å². The van der Waals surface area contributed by atoms with Gasteiger partial charge in [-0.3, -0.25) is 4.79 Å². The van der Waals surface area contributed by atoms with Crippen LogP contribution >= 0.6 is 27.5 Å². The van der Waals surface area contributed by atoms with Gasteiger partial charge in [0.1, 0.15) is 17.4 Å². The van der Waals surface area contributed by atoms with Crippen molar-refractivity contribution in [1.29, 1.82) is 5.26 Å². The number of benzene rings is 1. The summed E-state index contributed by atoms with van der Waals surface area (Å²) in [7, 11) is 1.47. The third-order valence-corrected chi connectivity index (χ3v) is 3.49. The van der Waals surface area contributed by atoms with E-state index in [9.17, 15) is 9.18 Å². The van der Waals surface area contributed by atoms with Crippen LogP contribution in [0.4, 0.5) is 4.39 Å². The van der Waals surface area contributed by atoms with E-state index in [1.54, 1.807) is 6.07 Å². The Morgan fingerprint density at radius 2 is 2.18 bits per heavy atom. The number of aryl methyl sites for hydroxylation is 1. The standard InChI is InChI=1S/C11H5BrClFN2O/c1-16-9-3-8(14)7(12)2-5(9)10(13)6(4-15)11(16)17/h2-3H,1H3. The molecule has 2 aromatic rings. The van der Waals surface area contributed by atoms with Gasteiger partial charge >= 0.3 is 0 Å². The van der Waals surface area contributed by atoms with Crippen molar-refractivity contribution < 1.29 is 4.39 Å². The number of rotatable bonds is 0. The van der Waals surface area contributed by atoms with Gasteiger partial charge in [0.15, 0.2) is 0 Å². The van der Waals surface area contributed by atoms with Crippen LogP contribution in [0.5, 0.6) is 0 Å². The Morgan fingerprint density at radius 1 is 1.53 bits per heavy atom. The highest BCUT2D eigenvalue weighted by atomic mass is 79.9. The second kappa shape index (κ2) is 4.13. The van der Waals surface area contributed by atoms with Crippen LogP contribution < -0.4 is 5.56 Å². The van der Waals surface area contributed by atoms with Gasteiger partial charge in [-0.25, -0.2) is 4.39 Å². The lowest BCUT2D eigenvalue weighted by Gasteiger charge is -2.09. The minimum Gasteiger partial charge on any atom is -0.310 e. The predicted molar refractivity (Wildman–Crippen MR) is 66.6 cm³/mol. The van der Waals surface area contributed by atoms with E-state index < -0.39 is 11.4 Å². The first-order valence-corrected chi connectivity index (χ1v) is 5.71. The van der Waals surface area contributed by atoms with Gasteiger partial charge in [0.05, 0.1) is 15.0 Å². The van der Waals surface area contributed by atoms with E-state index in [1.165, 1.54) is 23.7 Å². The number of hydrogen-bond acceptors (Lipinski definition) is 2. The molecular formula is C11H5BrClFN2O. The molecule has 0 atom stereocenters. The van der Waals surface area contributed by atoms with Crippen LogP contribution in [0.25, 0.3) is 10.9 Å². The third-order valence-electron chi connectivity index (χ3n) is 2.49. The second-order valence-corrected chi connectivity index (χ2v) is 4.68. The van der Waals surface area contributed by atoms with Crippen LogP contribution in [0.1, 0.15) is 5.56 Å². The summed E-state index contributed by atoms with van der Waals surface area (Å²) in [5.41, 5.74) is -0.327. The van der Waals surface area contributed by atoms with Gasteiger partial charge < -0.3 is 4.57 Å². The van der Waals surface area contributed by atoms with Crippen LogP contribution in [0.15, 0.2) is 21.4 Å². The quantitative estimate of drug-likeness (QED) is 0.750. The lowest BCUT2D eigenvalue weighted by atomic mass is 10.1. The fraction of sp³-hybridized carbons (Fsp3) is 0.0909. The Bertz CT molecular complexity index is 733. The SMILES string of the molecule is Cn1c(=O)c(C#N)c(Cl)c2cc(Br)c(F)cc21. The summed E-state index contributed by atoms with van der Waals surface area (Å²) >= 11 is 9.00. The fourth-order valence-electron chi connectivity index (χ4n) is 1.59. The highest BCUT2D eigenvalue weighted by molar-refractivity contribution is 9.10. The summed E-state index contributed by atoms with van der Waals surface area (Å²) in [5.74, 6) is -0.492. The van der Waals surface area contributed by atoms with Gasteiger partial charge in [0.2, 0.25) is 0 Å². The van der Waals surface area contributed by atoms with E-state index in [0.29, 0.717) is 10.9 Å². The summed E-state index contributed by atoms with van der Waals surface area (Å²) in [6.45, 7) is 0. The fourth-order valence-corrected chi connectivity index (χ4v) is 2.21. The molecule has 3 nitrogen and oxygen atoms in total. The van der Waals surface area contributed by atoms with Crippen molar-refractivity contribution in [3.8, 4) is 6.07 Å². The average Bonchev–Trinajstić information content (AvgIpc) is 2.30. The van der Waals surface area contributed by atoms with Gasteiger partial charge in [-0.1, -0.05) is 11.6 Å². The summed E-state index contributed by atoms with van der Waals surface area (Å²) in [5, 5.41) is 9.38. The first kappa shape index (κ1) is 12.1. The second-order valence-electron chi connectivity index (χ2n) is 3.45. The topological polar surface area (TPSA) is 45.8 Å². The number of fused-ring (bicyclic) bond motifs is 1. The molecule has 0 aliphatic heterocycles. The molecule has 1 aromatic heterocycles. The Balaban J connectivity index is 3.11. The molecule has 0 fully saturated rings. The molecule has 1 heterocycles. The minimum atomic E-state index is -0.535. The number of halogens is 3. The molecule has 86 valence electrons. The zero-order chi connectivity index (χ0) is 12.7. The van der Waals surface area contributed by atoms with Crippen molar-refractivity contribution in [2.45, 2.75) is 0 Å². The predicted octanol–water partition coefficient (Wildman–Crippen LogP) is 2.97. The molecule has 0 aliphatic rings. The van der Waals surface area contributed by atoms with E-state index in [1.807, 2.05) is 0 Å². The van der Waals surface area contributed by atoms with Crippen molar-refractivity contribution in [3.63, 3.8) is 0 Å². The summed E-state index contributed by atoms with van der Waals surface area (Å²) in [6.07, 6.45) is 0. The van der Waals surface area contributed by atoms with Crippen molar-refractivity contribution in [2.75, 3.05) is 0 Å². The highest BCUT2D eigenvalue weighted by Crippen LogP contribution is 2.29. The molecule has 1 aromatic carbocycles. The minimum absolute atomic E-state index is 0.0475. The number of aromatic nitrogens is 1. The summed E-state index contributed by atoms with van der Waals surface area (Å²) < 4.78 is 14.8. The van der Waals surface area contributed by atoms with Crippen molar-refractivity contribution in [2.24, 2.45) is 7.05 Å². The van der Waals surface area contributed by atoms with Crippen LogP contribution in [-0.4, -0.2) is 4.57 Å². The molecule has 0 unspecified atom stereocenters. The first-order chi connectivity index (χ1) is 7.97. The van der Waals surface area contributed by atoms with E-state index in [2.05, 4.69) is 15.9 Å². The molecule has 0 bridgehead atoms. The van der Waals surface area contributed by atoms with E-state index in [4.69, 9.17) is 16.9 Å². The molecule has 0 amide bonds. The largest absolute Gasteiger partial charge is 0.310 e. The molecule has 0 saturated carbocycles.